The van der Waals surface area contributed by atoms with E-state index in [0.29, 0.717) is 6.42 Å². The molecule has 0 amide bonds. The standard InChI is InChI=1S/C22H42O3Si/c1-6-7-8-15-18-21(25-26(3,4)5)19-16-13-11-9-10-12-14-17-20-22(23)24-2/h13,16,19H,6-12,14-15,17-18,20H2,1-5H3/b16-13+,21-19+. The Bertz CT molecular complexity index is 408. The molecule has 0 aromatic carbocycles. The molecule has 0 N–H and O–H groups in total. The molecular weight excluding hydrogens is 340 g/mol. The average Bonchev–Trinajstić information content (AvgIpc) is 2.58. The first-order valence-electron chi connectivity index (χ1n) is 10.5. The van der Waals surface area contributed by atoms with Gasteiger partial charge in [-0.3, -0.25) is 4.79 Å². The van der Waals surface area contributed by atoms with Crippen LogP contribution in [0.2, 0.25) is 19.6 Å². The molecule has 0 aromatic rings. The second-order valence-corrected chi connectivity index (χ2v) is 12.4. The molecule has 0 aliphatic rings. The molecule has 0 atom stereocenters. The van der Waals surface area contributed by atoms with E-state index in [1.54, 1.807) is 0 Å². The Kier molecular flexibility index (Phi) is 15.5. The van der Waals surface area contributed by atoms with Crippen molar-refractivity contribution < 1.29 is 14.0 Å². The van der Waals surface area contributed by atoms with E-state index in [4.69, 9.17) is 4.43 Å². The molecule has 0 spiro atoms. The van der Waals surface area contributed by atoms with Gasteiger partial charge in [0.05, 0.1) is 12.9 Å². The Labute approximate surface area is 163 Å². The van der Waals surface area contributed by atoms with Crippen LogP contribution < -0.4 is 0 Å². The lowest BCUT2D eigenvalue weighted by Gasteiger charge is -2.21. The minimum Gasteiger partial charge on any atom is -0.547 e. The van der Waals surface area contributed by atoms with Gasteiger partial charge in [-0.05, 0) is 51.4 Å². The number of hydrogen-bond acceptors (Lipinski definition) is 3. The van der Waals surface area contributed by atoms with E-state index in [0.717, 1.165) is 25.7 Å². The van der Waals surface area contributed by atoms with Crippen molar-refractivity contribution in [3.05, 3.63) is 24.0 Å². The second kappa shape index (κ2) is 16.2. The van der Waals surface area contributed by atoms with Crippen LogP contribution in [0, 0.1) is 0 Å². The minimum atomic E-state index is -1.53. The van der Waals surface area contributed by atoms with Crippen LogP contribution >= 0.6 is 0 Å². The largest absolute Gasteiger partial charge is 0.547 e. The van der Waals surface area contributed by atoms with Crippen LogP contribution in [0.4, 0.5) is 0 Å². The van der Waals surface area contributed by atoms with Crippen LogP contribution in [-0.4, -0.2) is 21.4 Å². The summed E-state index contributed by atoms with van der Waals surface area (Å²) in [6, 6.07) is 0. The third-order valence-electron chi connectivity index (χ3n) is 4.11. The molecule has 0 heterocycles. The Hall–Kier alpha value is -1.03. The molecule has 26 heavy (non-hydrogen) atoms. The van der Waals surface area contributed by atoms with Crippen molar-refractivity contribution in [3.8, 4) is 0 Å². The van der Waals surface area contributed by atoms with Gasteiger partial charge >= 0.3 is 5.97 Å². The van der Waals surface area contributed by atoms with Gasteiger partial charge in [0.1, 0.15) is 0 Å². The van der Waals surface area contributed by atoms with E-state index >= 15 is 0 Å². The first-order valence-corrected chi connectivity index (χ1v) is 13.9. The Balaban J connectivity index is 3.97. The molecule has 0 saturated carbocycles. The molecule has 0 aromatic heterocycles. The second-order valence-electron chi connectivity index (χ2n) is 7.97. The van der Waals surface area contributed by atoms with Crippen molar-refractivity contribution in [2.75, 3.05) is 7.11 Å². The van der Waals surface area contributed by atoms with Crippen molar-refractivity contribution in [1.82, 2.24) is 0 Å². The topological polar surface area (TPSA) is 35.5 Å². The lowest BCUT2D eigenvalue weighted by Crippen LogP contribution is -2.24. The number of rotatable bonds is 16. The summed E-state index contributed by atoms with van der Waals surface area (Å²) in [6.45, 7) is 8.99. The third kappa shape index (κ3) is 17.8. The molecule has 4 heteroatoms. The van der Waals surface area contributed by atoms with Gasteiger partial charge in [-0.25, -0.2) is 0 Å². The number of unbranched alkanes of at least 4 members (excludes halogenated alkanes) is 8. The Morgan fingerprint density at radius 2 is 1.50 bits per heavy atom. The van der Waals surface area contributed by atoms with E-state index in [9.17, 15) is 4.79 Å². The lowest BCUT2D eigenvalue weighted by molar-refractivity contribution is -0.140. The van der Waals surface area contributed by atoms with Gasteiger partial charge in [-0.15, -0.1) is 0 Å². The molecule has 3 nitrogen and oxygen atoms in total. The number of carbonyl (C=O) groups excluding carboxylic acids is 1. The highest BCUT2D eigenvalue weighted by atomic mass is 28.4. The number of esters is 1. The maximum absolute atomic E-state index is 11.0. The smallest absolute Gasteiger partial charge is 0.305 e. The molecule has 0 bridgehead atoms. The lowest BCUT2D eigenvalue weighted by atomic mass is 10.1. The van der Waals surface area contributed by atoms with Gasteiger partial charge in [-0.2, -0.15) is 0 Å². The predicted molar refractivity (Wildman–Crippen MR) is 115 cm³/mol. The molecule has 0 saturated heterocycles. The summed E-state index contributed by atoms with van der Waals surface area (Å²) in [5.41, 5.74) is 0. The molecule has 0 aliphatic carbocycles. The zero-order valence-electron chi connectivity index (χ0n) is 17.9. The highest BCUT2D eigenvalue weighted by Crippen LogP contribution is 2.17. The zero-order valence-corrected chi connectivity index (χ0v) is 18.9. The van der Waals surface area contributed by atoms with E-state index in [2.05, 4.69) is 49.5 Å². The Morgan fingerprint density at radius 3 is 2.15 bits per heavy atom. The maximum Gasteiger partial charge on any atom is 0.305 e. The van der Waals surface area contributed by atoms with Crippen LogP contribution in [0.3, 0.4) is 0 Å². The van der Waals surface area contributed by atoms with E-state index in [1.807, 2.05) is 0 Å². The van der Waals surface area contributed by atoms with Crippen molar-refractivity contribution in [3.63, 3.8) is 0 Å². The molecule has 152 valence electrons. The van der Waals surface area contributed by atoms with E-state index in [1.165, 1.54) is 57.8 Å². The normalized spacial score (nSPS) is 12.6. The third-order valence-corrected chi connectivity index (χ3v) is 4.99. The van der Waals surface area contributed by atoms with Crippen molar-refractivity contribution in [2.24, 2.45) is 0 Å². The molecule has 0 radical (unpaired) electrons. The van der Waals surface area contributed by atoms with Gasteiger partial charge in [-0.1, -0.05) is 57.6 Å². The molecule has 0 aliphatic heterocycles. The van der Waals surface area contributed by atoms with Gasteiger partial charge in [0.2, 0.25) is 8.32 Å². The summed E-state index contributed by atoms with van der Waals surface area (Å²) in [5, 5.41) is 0. The average molecular weight is 383 g/mol. The number of ether oxygens (including phenoxy) is 1. The fraction of sp³-hybridized carbons (Fsp3) is 0.773. The van der Waals surface area contributed by atoms with Gasteiger partial charge in [0.25, 0.3) is 0 Å². The van der Waals surface area contributed by atoms with Crippen LogP contribution in [0.1, 0.15) is 84.0 Å². The van der Waals surface area contributed by atoms with E-state index in [-0.39, 0.29) is 5.97 Å². The fourth-order valence-electron chi connectivity index (χ4n) is 2.72. The predicted octanol–water partition coefficient (Wildman–Crippen LogP) is 7.15. The van der Waals surface area contributed by atoms with Crippen LogP contribution in [-0.2, 0) is 14.0 Å². The quantitative estimate of drug-likeness (QED) is 0.0934. The SMILES string of the molecule is CCCCCC/C(=C\C=C\CCCCCCCC(=O)OC)O[Si](C)(C)C. The number of hydrogen-bond donors (Lipinski definition) is 0. The summed E-state index contributed by atoms with van der Waals surface area (Å²) in [6.07, 6.45) is 20.2. The fourth-order valence-corrected chi connectivity index (χ4v) is 3.68. The van der Waals surface area contributed by atoms with Crippen LogP contribution in [0.15, 0.2) is 24.0 Å². The summed E-state index contributed by atoms with van der Waals surface area (Å²) in [4.78, 5) is 11.0. The zero-order chi connectivity index (χ0) is 19.7. The molecule has 0 rings (SSSR count). The molecule has 0 unspecified atom stereocenters. The van der Waals surface area contributed by atoms with Gasteiger partial charge in [0.15, 0.2) is 0 Å². The van der Waals surface area contributed by atoms with Crippen molar-refractivity contribution in [1.29, 1.82) is 0 Å². The van der Waals surface area contributed by atoms with Crippen LogP contribution in [0.25, 0.3) is 0 Å². The maximum atomic E-state index is 11.0. The molecular formula is C22H42O3Si. The molecule has 0 fully saturated rings. The number of carbonyl (C=O) groups is 1. The van der Waals surface area contributed by atoms with Crippen molar-refractivity contribution >= 4 is 14.3 Å². The monoisotopic (exact) mass is 382 g/mol. The number of methoxy groups -OCH3 is 1. The van der Waals surface area contributed by atoms with Crippen molar-refractivity contribution in [2.45, 2.75) is 104 Å². The highest BCUT2D eigenvalue weighted by molar-refractivity contribution is 6.70. The first-order chi connectivity index (χ1) is 12.4. The number of allylic oxidation sites excluding steroid dienone is 4. The first kappa shape index (κ1) is 25.0. The summed E-state index contributed by atoms with van der Waals surface area (Å²) < 4.78 is 10.9. The summed E-state index contributed by atoms with van der Waals surface area (Å²) in [7, 11) is -0.0761. The minimum absolute atomic E-state index is 0.0919. The van der Waals surface area contributed by atoms with Crippen LogP contribution in [0.5, 0.6) is 0 Å². The summed E-state index contributed by atoms with van der Waals surface area (Å²) in [5.74, 6) is 1.07. The Morgan fingerprint density at radius 1 is 0.885 bits per heavy atom. The van der Waals surface area contributed by atoms with E-state index < -0.39 is 8.32 Å². The summed E-state index contributed by atoms with van der Waals surface area (Å²) >= 11 is 0. The van der Waals surface area contributed by atoms with Gasteiger partial charge < -0.3 is 9.16 Å². The highest BCUT2D eigenvalue weighted by Gasteiger charge is 2.17. The van der Waals surface area contributed by atoms with Gasteiger partial charge in [0, 0.05) is 12.8 Å².